The van der Waals surface area contributed by atoms with Crippen molar-refractivity contribution in [2.45, 2.75) is 45.3 Å². The van der Waals surface area contributed by atoms with Crippen LogP contribution in [0.3, 0.4) is 0 Å². The minimum absolute atomic E-state index is 0.0853. The van der Waals surface area contributed by atoms with Gasteiger partial charge >= 0.3 is 0 Å². The predicted octanol–water partition coefficient (Wildman–Crippen LogP) is -0.146. The summed E-state index contributed by atoms with van der Waals surface area (Å²) in [4.78, 5) is 2.20. The Bertz CT molecular complexity index is 343. The fourth-order valence-electron chi connectivity index (χ4n) is 2.39. The van der Waals surface area contributed by atoms with Crippen molar-refractivity contribution in [3.63, 3.8) is 0 Å². The summed E-state index contributed by atoms with van der Waals surface area (Å²) in [5, 5.41) is 12.6. The van der Waals surface area contributed by atoms with E-state index >= 15 is 0 Å². The van der Waals surface area contributed by atoms with E-state index in [9.17, 15) is 13.5 Å². The Kier molecular flexibility index (Phi) is 6.04. The van der Waals surface area contributed by atoms with Crippen LogP contribution in [0.1, 0.15) is 27.2 Å². The highest BCUT2D eigenvalue weighted by atomic mass is 32.2. The zero-order chi connectivity index (χ0) is 13.8. The summed E-state index contributed by atoms with van der Waals surface area (Å²) >= 11 is 0. The maximum absolute atomic E-state index is 11.5. The third-order valence-corrected chi connectivity index (χ3v) is 5.16. The highest BCUT2D eigenvalue weighted by Crippen LogP contribution is 2.12. The van der Waals surface area contributed by atoms with E-state index in [1.807, 2.05) is 6.92 Å². The zero-order valence-electron chi connectivity index (χ0n) is 11.6. The average Bonchev–Trinajstić information content (AvgIpc) is 2.24. The summed E-state index contributed by atoms with van der Waals surface area (Å²) in [6.45, 7) is 7.64. The predicted molar refractivity (Wildman–Crippen MR) is 73.5 cm³/mol. The molecule has 1 aliphatic rings. The lowest BCUT2D eigenvalue weighted by Crippen LogP contribution is -2.49. The monoisotopic (exact) mass is 278 g/mol. The summed E-state index contributed by atoms with van der Waals surface area (Å²) in [6.07, 6.45) is 0.846. The van der Waals surface area contributed by atoms with Crippen LogP contribution in [0.25, 0.3) is 0 Å². The Labute approximate surface area is 110 Å². The first kappa shape index (κ1) is 15.9. The lowest BCUT2D eigenvalue weighted by Gasteiger charge is -2.34. The molecular formula is C12H26N2O3S. The minimum atomic E-state index is -2.83. The van der Waals surface area contributed by atoms with Gasteiger partial charge in [0, 0.05) is 31.2 Å². The Morgan fingerprint density at radius 2 is 2.11 bits per heavy atom. The van der Waals surface area contributed by atoms with Gasteiger partial charge in [0.05, 0.1) is 18.1 Å². The van der Waals surface area contributed by atoms with Gasteiger partial charge in [-0.15, -0.1) is 0 Å². The first-order chi connectivity index (χ1) is 8.34. The van der Waals surface area contributed by atoms with Crippen LogP contribution in [-0.4, -0.2) is 67.8 Å². The molecule has 0 aromatic heterocycles. The topological polar surface area (TPSA) is 69.6 Å². The standard InChI is InChI=1S/C12H26N2O3S/c1-10(2)13-12(8-15)4-5-14-6-7-18(16,17)9-11(14)3/h10-13,15H,4-9H2,1-3H3. The molecule has 2 N–H and O–H groups in total. The van der Waals surface area contributed by atoms with Crippen LogP contribution < -0.4 is 5.32 Å². The lowest BCUT2D eigenvalue weighted by molar-refractivity contribution is 0.182. The van der Waals surface area contributed by atoms with Crippen LogP contribution in [0.4, 0.5) is 0 Å². The number of rotatable bonds is 6. The Morgan fingerprint density at radius 3 is 2.61 bits per heavy atom. The average molecular weight is 278 g/mol. The summed E-state index contributed by atoms with van der Waals surface area (Å²) in [7, 11) is -2.83. The van der Waals surface area contributed by atoms with Crippen LogP contribution in [0.5, 0.6) is 0 Å². The van der Waals surface area contributed by atoms with Crippen LogP contribution in [0, 0.1) is 0 Å². The van der Waals surface area contributed by atoms with Crippen molar-refractivity contribution < 1.29 is 13.5 Å². The first-order valence-electron chi connectivity index (χ1n) is 6.65. The third kappa shape index (κ3) is 5.22. The van der Waals surface area contributed by atoms with Gasteiger partial charge in [0.15, 0.2) is 9.84 Å². The number of hydrogen-bond donors (Lipinski definition) is 2. The van der Waals surface area contributed by atoms with Crippen LogP contribution in [0.2, 0.25) is 0 Å². The molecule has 0 spiro atoms. The van der Waals surface area contributed by atoms with Gasteiger partial charge in [0.2, 0.25) is 0 Å². The van der Waals surface area contributed by atoms with Crippen molar-refractivity contribution in [1.29, 1.82) is 0 Å². The molecule has 1 saturated heterocycles. The molecule has 1 heterocycles. The van der Waals surface area contributed by atoms with Gasteiger partial charge in [-0.05, 0) is 13.3 Å². The summed E-state index contributed by atoms with van der Waals surface area (Å²) in [5.74, 6) is 0.521. The fourth-order valence-corrected chi connectivity index (χ4v) is 4.01. The van der Waals surface area contributed by atoms with E-state index in [2.05, 4.69) is 24.1 Å². The van der Waals surface area contributed by atoms with Gasteiger partial charge in [0.1, 0.15) is 0 Å². The molecule has 5 nitrogen and oxygen atoms in total. The normalized spacial score (nSPS) is 26.4. The number of aliphatic hydroxyl groups excluding tert-OH is 1. The minimum Gasteiger partial charge on any atom is -0.395 e. The second kappa shape index (κ2) is 6.84. The van der Waals surface area contributed by atoms with Gasteiger partial charge in [-0.25, -0.2) is 8.42 Å². The molecule has 18 heavy (non-hydrogen) atoms. The van der Waals surface area contributed by atoms with Crippen molar-refractivity contribution in [2.24, 2.45) is 0 Å². The SMILES string of the molecule is CC(C)NC(CO)CCN1CCS(=O)(=O)CC1C. The van der Waals surface area contributed by atoms with Gasteiger partial charge in [0.25, 0.3) is 0 Å². The van der Waals surface area contributed by atoms with Crippen molar-refractivity contribution in [3.8, 4) is 0 Å². The highest BCUT2D eigenvalue weighted by molar-refractivity contribution is 7.91. The van der Waals surface area contributed by atoms with Crippen LogP contribution in [0.15, 0.2) is 0 Å². The van der Waals surface area contributed by atoms with Crippen molar-refractivity contribution in [1.82, 2.24) is 10.2 Å². The van der Waals surface area contributed by atoms with Gasteiger partial charge < -0.3 is 10.4 Å². The lowest BCUT2D eigenvalue weighted by atomic mass is 10.1. The number of aliphatic hydroxyl groups is 1. The number of hydrogen-bond acceptors (Lipinski definition) is 5. The molecule has 0 amide bonds. The van der Waals surface area contributed by atoms with E-state index in [-0.39, 0.29) is 30.2 Å². The maximum atomic E-state index is 11.5. The third-order valence-electron chi connectivity index (χ3n) is 3.36. The Morgan fingerprint density at radius 1 is 1.44 bits per heavy atom. The quantitative estimate of drug-likeness (QED) is 0.707. The number of nitrogens with one attached hydrogen (secondary N) is 1. The summed E-state index contributed by atoms with van der Waals surface area (Å²) < 4.78 is 22.9. The van der Waals surface area contributed by atoms with Gasteiger partial charge in [-0.3, -0.25) is 4.90 Å². The largest absolute Gasteiger partial charge is 0.395 e. The van der Waals surface area contributed by atoms with Crippen molar-refractivity contribution in [2.75, 3.05) is 31.2 Å². The Balaban J connectivity index is 2.39. The fraction of sp³-hybridized carbons (Fsp3) is 1.00. The van der Waals surface area contributed by atoms with Crippen LogP contribution >= 0.6 is 0 Å². The molecule has 108 valence electrons. The van der Waals surface area contributed by atoms with Crippen molar-refractivity contribution >= 4 is 9.84 Å². The molecule has 1 fully saturated rings. The molecule has 0 radical (unpaired) electrons. The Hall–Kier alpha value is -0.170. The molecule has 0 aromatic rings. The maximum Gasteiger partial charge on any atom is 0.153 e. The number of nitrogens with zero attached hydrogens (tertiary/aromatic N) is 1. The van der Waals surface area contributed by atoms with E-state index in [1.54, 1.807) is 0 Å². The second-order valence-electron chi connectivity index (χ2n) is 5.49. The van der Waals surface area contributed by atoms with E-state index in [4.69, 9.17) is 0 Å². The molecule has 1 rings (SSSR count). The number of sulfone groups is 1. The molecule has 2 unspecified atom stereocenters. The van der Waals surface area contributed by atoms with Crippen molar-refractivity contribution in [3.05, 3.63) is 0 Å². The molecule has 1 aliphatic heterocycles. The molecule has 0 aromatic carbocycles. The molecule has 0 saturated carbocycles. The molecule has 6 heteroatoms. The first-order valence-corrected chi connectivity index (χ1v) is 8.47. The van der Waals surface area contributed by atoms with Gasteiger partial charge in [-0.2, -0.15) is 0 Å². The van der Waals surface area contributed by atoms with E-state index in [0.717, 1.165) is 13.0 Å². The summed E-state index contributed by atoms with van der Waals surface area (Å²) in [6, 6.07) is 0.527. The van der Waals surface area contributed by atoms with E-state index in [1.165, 1.54) is 0 Å². The zero-order valence-corrected chi connectivity index (χ0v) is 12.4. The second-order valence-corrected chi connectivity index (χ2v) is 7.72. The highest BCUT2D eigenvalue weighted by Gasteiger charge is 2.28. The van der Waals surface area contributed by atoms with Crippen LogP contribution in [-0.2, 0) is 9.84 Å². The summed E-state index contributed by atoms with van der Waals surface area (Å²) in [5.41, 5.74) is 0. The molecule has 0 bridgehead atoms. The van der Waals surface area contributed by atoms with E-state index in [0.29, 0.717) is 12.6 Å². The smallest absolute Gasteiger partial charge is 0.153 e. The van der Waals surface area contributed by atoms with E-state index < -0.39 is 9.84 Å². The molecule has 2 atom stereocenters. The molecular weight excluding hydrogens is 252 g/mol. The van der Waals surface area contributed by atoms with Gasteiger partial charge in [-0.1, -0.05) is 13.8 Å². The molecule has 0 aliphatic carbocycles.